The van der Waals surface area contributed by atoms with E-state index in [2.05, 4.69) is 22.4 Å². The van der Waals surface area contributed by atoms with Crippen molar-refractivity contribution < 1.29 is 9.18 Å². The number of thioether (sulfide) groups is 1. The third kappa shape index (κ3) is 5.42. The first-order valence-corrected chi connectivity index (χ1v) is 10.3. The van der Waals surface area contributed by atoms with Gasteiger partial charge in [0.05, 0.1) is 5.75 Å². The van der Waals surface area contributed by atoms with Crippen molar-refractivity contribution in [3.05, 3.63) is 71.8 Å². The summed E-state index contributed by atoms with van der Waals surface area (Å²) in [5.74, 6) is 0.670. The zero-order valence-electron chi connectivity index (χ0n) is 15.8. The highest BCUT2D eigenvalue weighted by atomic mass is 32.2. The van der Waals surface area contributed by atoms with Crippen molar-refractivity contribution in [2.75, 3.05) is 12.3 Å². The van der Waals surface area contributed by atoms with Crippen molar-refractivity contribution in [1.29, 1.82) is 0 Å². The monoisotopic (exact) mass is 398 g/mol. The lowest BCUT2D eigenvalue weighted by Gasteiger charge is -2.10. The average molecular weight is 399 g/mol. The van der Waals surface area contributed by atoms with Gasteiger partial charge in [0.2, 0.25) is 5.91 Å². The molecule has 0 atom stereocenters. The van der Waals surface area contributed by atoms with Gasteiger partial charge in [0.15, 0.2) is 5.16 Å². The first-order valence-electron chi connectivity index (χ1n) is 9.31. The van der Waals surface area contributed by atoms with Gasteiger partial charge in [-0.15, -0.1) is 10.2 Å². The van der Waals surface area contributed by atoms with E-state index in [1.165, 1.54) is 23.9 Å². The Morgan fingerprint density at radius 2 is 1.86 bits per heavy atom. The van der Waals surface area contributed by atoms with Gasteiger partial charge in [-0.1, -0.05) is 55.4 Å². The summed E-state index contributed by atoms with van der Waals surface area (Å²) in [4.78, 5) is 12.0. The van der Waals surface area contributed by atoms with Gasteiger partial charge in [-0.3, -0.25) is 9.36 Å². The highest BCUT2D eigenvalue weighted by Gasteiger charge is 2.16. The smallest absolute Gasteiger partial charge is 0.230 e. The molecule has 0 bridgehead atoms. The molecular formula is C21H23FN4OS. The summed E-state index contributed by atoms with van der Waals surface area (Å²) in [6, 6.07) is 16.2. The molecule has 2 aromatic carbocycles. The molecule has 5 nitrogen and oxygen atoms in total. The molecule has 1 N–H and O–H groups in total. The molecule has 0 aliphatic rings. The van der Waals surface area contributed by atoms with Gasteiger partial charge in [-0.25, -0.2) is 4.39 Å². The van der Waals surface area contributed by atoms with E-state index in [0.717, 1.165) is 29.9 Å². The fourth-order valence-corrected chi connectivity index (χ4v) is 3.52. The number of benzene rings is 2. The number of rotatable bonds is 9. The molecule has 1 amide bonds. The number of amides is 1. The molecule has 0 saturated carbocycles. The Morgan fingerprint density at radius 3 is 2.57 bits per heavy atom. The number of carbonyl (C=O) groups is 1. The molecule has 146 valence electrons. The summed E-state index contributed by atoms with van der Waals surface area (Å²) in [6.45, 7) is 2.76. The molecule has 0 saturated heterocycles. The van der Waals surface area contributed by atoms with Crippen LogP contribution in [0.15, 0.2) is 59.8 Å². The van der Waals surface area contributed by atoms with Crippen LogP contribution in [0.1, 0.15) is 31.2 Å². The number of hydrogen-bond donors (Lipinski definition) is 1. The minimum atomic E-state index is -0.300. The average Bonchev–Trinajstić information content (AvgIpc) is 3.10. The molecule has 0 radical (unpaired) electrons. The van der Waals surface area contributed by atoms with Crippen molar-refractivity contribution in [2.24, 2.45) is 0 Å². The van der Waals surface area contributed by atoms with E-state index >= 15 is 0 Å². The van der Waals surface area contributed by atoms with Crippen LogP contribution in [-0.2, 0) is 11.2 Å². The van der Waals surface area contributed by atoms with Gasteiger partial charge >= 0.3 is 0 Å². The minimum absolute atomic E-state index is 0.0308. The topological polar surface area (TPSA) is 59.8 Å². The Labute approximate surface area is 168 Å². The zero-order valence-corrected chi connectivity index (χ0v) is 16.6. The van der Waals surface area contributed by atoms with Gasteiger partial charge in [-0.05, 0) is 36.2 Å². The molecule has 1 aromatic heterocycles. The standard InChI is InChI=1S/C21H23FN4OS/c1-2-3-13-23-20(27)15-28-21-25-24-19(14-16-7-5-4-6-8-16)26(21)18-11-9-17(22)10-12-18/h4-12H,2-3,13-15H2,1H3,(H,23,27). The first kappa shape index (κ1) is 20.1. The van der Waals surface area contributed by atoms with Crippen molar-refractivity contribution in [1.82, 2.24) is 20.1 Å². The van der Waals surface area contributed by atoms with Gasteiger partial charge in [0, 0.05) is 18.7 Å². The number of aromatic nitrogens is 3. The van der Waals surface area contributed by atoms with Crippen LogP contribution in [0, 0.1) is 5.82 Å². The fraction of sp³-hybridized carbons (Fsp3) is 0.286. The van der Waals surface area contributed by atoms with E-state index in [0.29, 0.717) is 18.1 Å². The number of nitrogens with one attached hydrogen (secondary N) is 1. The van der Waals surface area contributed by atoms with Crippen molar-refractivity contribution >= 4 is 17.7 Å². The van der Waals surface area contributed by atoms with E-state index in [9.17, 15) is 9.18 Å². The molecule has 28 heavy (non-hydrogen) atoms. The normalized spacial score (nSPS) is 10.8. The summed E-state index contributed by atoms with van der Waals surface area (Å²) in [5, 5.41) is 12.1. The maximum Gasteiger partial charge on any atom is 0.230 e. The Morgan fingerprint density at radius 1 is 1.11 bits per heavy atom. The number of nitrogens with zero attached hydrogens (tertiary/aromatic N) is 3. The maximum absolute atomic E-state index is 13.4. The van der Waals surface area contributed by atoms with Gasteiger partial charge in [0.1, 0.15) is 11.6 Å². The number of carbonyl (C=O) groups excluding carboxylic acids is 1. The van der Waals surface area contributed by atoms with Crippen LogP contribution in [0.25, 0.3) is 5.69 Å². The Balaban J connectivity index is 1.81. The molecule has 3 aromatic rings. The number of unbranched alkanes of at least 4 members (excludes halogenated alkanes) is 1. The van der Waals surface area contributed by atoms with Crippen LogP contribution >= 0.6 is 11.8 Å². The zero-order chi connectivity index (χ0) is 19.8. The van der Waals surface area contributed by atoms with E-state index in [-0.39, 0.29) is 17.5 Å². The Hall–Kier alpha value is -2.67. The summed E-state index contributed by atoms with van der Waals surface area (Å²) in [6.07, 6.45) is 2.59. The second kappa shape index (κ2) is 10.0. The lowest BCUT2D eigenvalue weighted by molar-refractivity contribution is -0.118. The van der Waals surface area contributed by atoms with Crippen molar-refractivity contribution in [3.63, 3.8) is 0 Å². The lowest BCUT2D eigenvalue weighted by atomic mass is 10.1. The van der Waals surface area contributed by atoms with Crippen molar-refractivity contribution in [2.45, 2.75) is 31.3 Å². The minimum Gasteiger partial charge on any atom is -0.355 e. The first-order chi connectivity index (χ1) is 13.7. The predicted octanol–water partition coefficient (Wildman–Crippen LogP) is 4.01. The molecule has 0 aliphatic heterocycles. The second-order valence-electron chi connectivity index (χ2n) is 6.37. The van der Waals surface area contributed by atoms with E-state index in [1.807, 2.05) is 34.9 Å². The summed E-state index contributed by atoms with van der Waals surface area (Å²) in [7, 11) is 0. The van der Waals surface area contributed by atoms with E-state index < -0.39 is 0 Å². The Bertz CT molecular complexity index is 897. The van der Waals surface area contributed by atoms with Crippen molar-refractivity contribution in [3.8, 4) is 5.69 Å². The van der Waals surface area contributed by atoms with Crippen LogP contribution < -0.4 is 5.32 Å². The lowest BCUT2D eigenvalue weighted by Crippen LogP contribution is -2.26. The Kier molecular flexibility index (Phi) is 7.19. The maximum atomic E-state index is 13.4. The largest absolute Gasteiger partial charge is 0.355 e. The number of halogens is 1. The SMILES string of the molecule is CCCCNC(=O)CSc1nnc(Cc2ccccc2)n1-c1ccc(F)cc1. The van der Waals surface area contributed by atoms with Crippen LogP contribution in [-0.4, -0.2) is 33.0 Å². The van der Waals surface area contributed by atoms with Crippen LogP contribution in [0.4, 0.5) is 4.39 Å². The fourth-order valence-electron chi connectivity index (χ4n) is 2.72. The van der Waals surface area contributed by atoms with E-state index in [1.54, 1.807) is 12.1 Å². The second-order valence-corrected chi connectivity index (χ2v) is 7.31. The van der Waals surface area contributed by atoms with Gasteiger partial charge in [-0.2, -0.15) is 0 Å². The summed E-state index contributed by atoms with van der Waals surface area (Å²) < 4.78 is 15.3. The summed E-state index contributed by atoms with van der Waals surface area (Å²) in [5.41, 5.74) is 1.87. The van der Waals surface area contributed by atoms with Crippen LogP contribution in [0.3, 0.4) is 0 Å². The molecule has 1 heterocycles. The van der Waals surface area contributed by atoms with E-state index in [4.69, 9.17) is 0 Å². The third-order valence-electron chi connectivity index (χ3n) is 4.18. The molecule has 0 spiro atoms. The third-order valence-corrected chi connectivity index (χ3v) is 5.10. The predicted molar refractivity (Wildman–Crippen MR) is 109 cm³/mol. The quantitative estimate of drug-likeness (QED) is 0.437. The van der Waals surface area contributed by atoms with Crippen LogP contribution in [0.5, 0.6) is 0 Å². The molecule has 7 heteroatoms. The molecule has 0 unspecified atom stereocenters. The number of hydrogen-bond acceptors (Lipinski definition) is 4. The van der Waals surface area contributed by atoms with Crippen LogP contribution in [0.2, 0.25) is 0 Å². The molecule has 0 fully saturated rings. The van der Waals surface area contributed by atoms with Gasteiger partial charge < -0.3 is 5.32 Å². The molecule has 0 aliphatic carbocycles. The highest BCUT2D eigenvalue weighted by Crippen LogP contribution is 2.23. The molecule has 3 rings (SSSR count). The highest BCUT2D eigenvalue weighted by molar-refractivity contribution is 7.99. The molecular weight excluding hydrogens is 375 g/mol. The summed E-state index contributed by atoms with van der Waals surface area (Å²) >= 11 is 1.33. The van der Waals surface area contributed by atoms with Gasteiger partial charge in [0.25, 0.3) is 0 Å².